The fourth-order valence-corrected chi connectivity index (χ4v) is 3.72. The number of hydrogen-bond acceptors (Lipinski definition) is 4. The number of carbonyl (C=O) groups is 1. The normalized spacial score (nSPS) is 30.5. The van der Waals surface area contributed by atoms with Gasteiger partial charge in [-0.3, -0.25) is 9.79 Å². The Morgan fingerprint density at radius 3 is 2.77 bits per heavy atom. The molecular weight excluding hydrogens is 296 g/mol. The van der Waals surface area contributed by atoms with Gasteiger partial charge < -0.3 is 10.1 Å². The van der Waals surface area contributed by atoms with Gasteiger partial charge in [-0.05, 0) is 25.3 Å². The SMILES string of the molecule is CC1SC(=N[C@H]2CCCC[C@@H]2OCc2ccccc2)NC1=O. The molecule has 3 rings (SSSR count). The van der Waals surface area contributed by atoms with Crippen LogP contribution in [0.3, 0.4) is 0 Å². The quantitative estimate of drug-likeness (QED) is 0.928. The van der Waals surface area contributed by atoms with Gasteiger partial charge in [0.25, 0.3) is 0 Å². The van der Waals surface area contributed by atoms with Crippen molar-refractivity contribution in [3.63, 3.8) is 0 Å². The zero-order chi connectivity index (χ0) is 15.4. The van der Waals surface area contributed by atoms with E-state index in [1.165, 1.54) is 30.2 Å². The second-order valence-corrected chi connectivity index (χ2v) is 7.20. The first-order valence-corrected chi connectivity index (χ1v) is 8.81. The van der Waals surface area contributed by atoms with E-state index in [1.807, 2.05) is 25.1 Å². The van der Waals surface area contributed by atoms with Gasteiger partial charge in [-0.2, -0.15) is 0 Å². The lowest BCUT2D eigenvalue weighted by Gasteiger charge is -2.29. The number of amides is 1. The summed E-state index contributed by atoms with van der Waals surface area (Å²) in [7, 11) is 0. The van der Waals surface area contributed by atoms with Crippen LogP contribution in [0.5, 0.6) is 0 Å². The van der Waals surface area contributed by atoms with E-state index in [0.29, 0.717) is 6.61 Å². The maximum absolute atomic E-state index is 11.6. The summed E-state index contributed by atoms with van der Waals surface area (Å²) in [6.45, 7) is 2.54. The first-order valence-electron chi connectivity index (χ1n) is 7.93. The second kappa shape index (κ2) is 7.29. The van der Waals surface area contributed by atoms with E-state index in [1.54, 1.807) is 0 Å². The largest absolute Gasteiger partial charge is 0.371 e. The molecule has 1 aromatic carbocycles. The lowest BCUT2D eigenvalue weighted by atomic mass is 9.93. The van der Waals surface area contributed by atoms with Crippen LogP contribution in [0.4, 0.5) is 0 Å². The molecule has 4 nitrogen and oxygen atoms in total. The highest BCUT2D eigenvalue weighted by molar-refractivity contribution is 8.15. The van der Waals surface area contributed by atoms with Gasteiger partial charge in [0.05, 0.1) is 24.0 Å². The number of hydrogen-bond donors (Lipinski definition) is 1. The summed E-state index contributed by atoms with van der Waals surface area (Å²) in [6.07, 6.45) is 4.60. The average molecular weight is 318 g/mol. The molecule has 5 heteroatoms. The Morgan fingerprint density at radius 1 is 1.27 bits per heavy atom. The molecule has 1 heterocycles. The monoisotopic (exact) mass is 318 g/mol. The van der Waals surface area contributed by atoms with E-state index < -0.39 is 0 Å². The van der Waals surface area contributed by atoms with Crippen molar-refractivity contribution in [2.45, 2.75) is 56.6 Å². The maximum atomic E-state index is 11.6. The van der Waals surface area contributed by atoms with E-state index in [0.717, 1.165) is 18.0 Å². The van der Waals surface area contributed by atoms with Crippen molar-refractivity contribution in [3.8, 4) is 0 Å². The Bertz CT molecular complexity index is 547. The highest BCUT2D eigenvalue weighted by Crippen LogP contribution is 2.27. The van der Waals surface area contributed by atoms with Crippen LogP contribution in [-0.4, -0.2) is 28.5 Å². The Labute approximate surface area is 135 Å². The molecule has 0 spiro atoms. The molecule has 1 saturated heterocycles. The maximum Gasteiger partial charge on any atom is 0.239 e. The third-order valence-corrected chi connectivity index (χ3v) is 5.14. The van der Waals surface area contributed by atoms with Crippen molar-refractivity contribution in [2.24, 2.45) is 4.99 Å². The van der Waals surface area contributed by atoms with Crippen LogP contribution in [0.25, 0.3) is 0 Å². The van der Waals surface area contributed by atoms with Crippen LogP contribution >= 0.6 is 11.8 Å². The van der Waals surface area contributed by atoms with Gasteiger partial charge in [0, 0.05) is 0 Å². The van der Waals surface area contributed by atoms with Crippen LogP contribution in [0.1, 0.15) is 38.2 Å². The summed E-state index contributed by atoms with van der Waals surface area (Å²) in [5.74, 6) is 0.0568. The number of benzene rings is 1. The number of nitrogens with one attached hydrogen (secondary N) is 1. The lowest BCUT2D eigenvalue weighted by Crippen LogP contribution is -2.33. The Hall–Kier alpha value is -1.33. The van der Waals surface area contributed by atoms with Gasteiger partial charge in [0.15, 0.2) is 5.17 Å². The van der Waals surface area contributed by atoms with E-state index in [4.69, 9.17) is 9.73 Å². The molecular formula is C17H22N2O2S. The minimum Gasteiger partial charge on any atom is -0.371 e. The highest BCUT2D eigenvalue weighted by atomic mass is 32.2. The fourth-order valence-electron chi connectivity index (χ4n) is 2.87. The van der Waals surface area contributed by atoms with Crippen LogP contribution in [0, 0.1) is 0 Å². The van der Waals surface area contributed by atoms with Crippen molar-refractivity contribution in [1.29, 1.82) is 0 Å². The number of amidine groups is 1. The van der Waals surface area contributed by atoms with Crippen LogP contribution in [0.2, 0.25) is 0 Å². The van der Waals surface area contributed by atoms with Gasteiger partial charge >= 0.3 is 0 Å². The van der Waals surface area contributed by atoms with Gasteiger partial charge in [0.2, 0.25) is 5.91 Å². The molecule has 1 unspecified atom stereocenters. The Morgan fingerprint density at radius 2 is 2.05 bits per heavy atom. The molecule has 22 heavy (non-hydrogen) atoms. The van der Waals surface area contributed by atoms with Gasteiger partial charge in [0.1, 0.15) is 0 Å². The van der Waals surface area contributed by atoms with E-state index in [9.17, 15) is 4.79 Å². The average Bonchev–Trinajstić information content (AvgIpc) is 2.85. The van der Waals surface area contributed by atoms with Crippen molar-refractivity contribution in [1.82, 2.24) is 5.32 Å². The van der Waals surface area contributed by atoms with Crippen molar-refractivity contribution < 1.29 is 9.53 Å². The number of nitrogens with zero attached hydrogens (tertiary/aromatic N) is 1. The number of carbonyl (C=O) groups excluding carboxylic acids is 1. The predicted molar refractivity (Wildman–Crippen MR) is 89.9 cm³/mol. The number of aliphatic imine (C=N–C) groups is 1. The molecule has 1 aliphatic carbocycles. The minimum atomic E-state index is -0.0361. The Balaban J connectivity index is 1.61. The van der Waals surface area contributed by atoms with Crippen molar-refractivity contribution >= 4 is 22.8 Å². The van der Waals surface area contributed by atoms with Gasteiger partial charge in [-0.15, -0.1) is 0 Å². The van der Waals surface area contributed by atoms with Gasteiger partial charge in [-0.1, -0.05) is 54.9 Å². The Kier molecular flexibility index (Phi) is 5.16. The molecule has 0 radical (unpaired) electrons. The second-order valence-electron chi connectivity index (χ2n) is 5.87. The summed E-state index contributed by atoms with van der Waals surface area (Å²) in [5.41, 5.74) is 1.19. The summed E-state index contributed by atoms with van der Waals surface area (Å²) in [6, 6.07) is 10.4. The molecule has 1 aromatic rings. The minimum absolute atomic E-state index is 0.0361. The third-order valence-electron chi connectivity index (χ3n) is 4.15. The van der Waals surface area contributed by atoms with Crippen LogP contribution in [-0.2, 0) is 16.1 Å². The fraction of sp³-hybridized carbons (Fsp3) is 0.529. The number of rotatable bonds is 4. The van der Waals surface area contributed by atoms with Crippen molar-refractivity contribution in [3.05, 3.63) is 35.9 Å². The highest BCUT2D eigenvalue weighted by Gasteiger charge is 2.30. The van der Waals surface area contributed by atoms with Gasteiger partial charge in [-0.25, -0.2) is 0 Å². The molecule has 0 aromatic heterocycles. The molecule has 1 saturated carbocycles. The van der Waals surface area contributed by atoms with E-state index >= 15 is 0 Å². The summed E-state index contributed by atoms with van der Waals surface area (Å²) in [4.78, 5) is 16.3. The first kappa shape index (κ1) is 15.6. The van der Waals surface area contributed by atoms with E-state index in [2.05, 4.69) is 17.4 Å². The zero-order valence-corrected chi connectivity index (χ0v) is 13.6. The topological polar surface area (TPSA) is 50.7 Å². The number of ether oxygens (including phenoxy) is 1. The molecule has 118 valence electrons. The lowest BCUT2D eigenvalue weighted by molar-refractivity contribution is -0.118. The molecule has 1 aliphatic heterocycles. The summed E-state index contributed by atoms with van der Waals surface area (Å²) < 4.78 is 6.12. The van der Waals surface area contributed by atoms with E-state index in [-0.39, 0.29) is 23.3 Å². The van der Waals surface area contributed by atoms with Crippen LogP contribution < -0.4 is 5.32 Å². The summed E-state index contributed by atoms with van der Waals surface area (Å²) in [5, 5.41) is 3.59. The molecule has 3 atom stereocenters. The van der Waals surface area contributed by atoms with Crippen LogP contribution in [0.15, 0.2) is 35.3 Å². The molecule has 2 fully saturated rings. The molecule has 1 amide bonds. The molecule has 2 aliphatic rings. The first-order chi connectivity index (χ1) is 10.7. The predicted octanol–water partition coefficient (Wildman–Crippen LogP) is 3.12. The molecule has 1 N–H and O–H groups in total. The zero-order valence-electron chi connectivity index (χ0n) is 12.8. The standard InChI is InChI=1S/C17H22N2O2S/c1-12-16(20)19-17(22-12)18-14-9-5-6-10-15(14)21-11-13-7-3-2-4-8-13/h2-4,7-8,12,14-15H,5-6,9-11H2,1H3,(H,18,19,20)/t12?,14-,15-/m0/s1. The number of thioether (sulfide) groups is 1. The smallest absolute Gasteiger partial charge is 0.239 e. The van der Waals surface area contributed by atoms with Crippen molar-refractivity contribution in [2.75, 3.05) is 0 Å². The third kappa shape index (κ3) is 3.90. The molecule has 0 bridgehead atoms. The summed E-state index contributed by atoms with van der Waals surface area (Å²) >= 11 is 1.52.